The molecular weight excluding hydrogens is 348 g/mol. The number of carbonyl (C=O) groups excluding carboxylic acids is 1. The topological polar surface area (TPSA) is 51.0 Å². The molecule has 0 radical (unpaired) electrons. The maximum atomic E-state index is 12.7. The second kappa shape index (κ2) is 6.93. The van der Waals surface area contributed by atoms with Crippen molar-refractivity contribution >= 4 is 16.7 Å². The molecule has 138 valence electrons. The van der Waals surface area contributed by atoms with Gasteiger partial charge in [-0.2, -0.15) is 0 Å². The number of rotatable bonds is 4. The van der Waals surface area contributed by atoms with Crippen LogP contribution < -0.4 is 0 Å². The van der Waals surface area contributed by atoms with E-state index in [9.17, 15) is 4.79 Å². The molecule has 5 rings (SSSR count). The van der Waals surface area contributed by atoms with Crippen LogP contribution in [0.5, 0.6) is 0 Å². The first kappa shape index (κ1) is 16.7. The summed E-state index contributed by atoms with van der Waals surface area (Å²) in [6.45, 7) is 1.36. The lowest BCUT2D eigenvalue weighted by Gasteiger charge is -2.39. The minimum Gasteiger partial charge on any atom is -0.338 e. The Hall–Kier alpha value is -3.47. The molecule has 1 amide bonds. The molecule has 0 aliphatic carbocycles. The van der Waals surface area contributed by atoms with Gasteiger partial charge in [0.2, 0.25) is 5.91 Å². The predicted octanol–water partition coefficient (Wildman–Crippen LogP) is 3.72. The van der Waals surface area contributed by atoms with E-state index in [0.717, 1.165) is 22.2 Å². The van der Waals surface area contributed by atoms with Gasteiger partial charge in [0.15, 0.2) is 0 Å². The number of carbonyl (C=O) groups is 1. The van der Waals surface area contributed by atoms with Crippen LogP contribution in [0, 0.1) is 0 Å². The molecule has 0 bridgehead atoms. The zero-order valence-corrected chi connectivity index (χ0v) is 15.4. The van der Waals surface area contributed by atoms with Crippen molar-refractivity contribution in [3.63, 3.8) is 0 Å². The summed E-state index contributed by atoms with van der Waals surface area (Å²) in [5.74, 6) is 0.163. The fourth-order valence-corrected chi connectivity index (χ4v) is 3.74. The zero-order chi connectivity index (χ0) is 18.9. The predicted molar refractivity (Wildman–Crippen MR) is 109 cm³/mol. The molecule has 1 aliphatic heterocycles. The second-order valence-corrected chi connectivity index (χ2v) is 7.22. The van der Waals surface area contributed by atoms with Gasteiger partial charge in [0.1, 0.15) is 5.69 Å². The summed E-state index contributed by atoms with van der Waals surface area (Å²) in [4.78, 5) is 14.6. The molecule has 3 aromatic carbocycles. The van der Waals surface area contributed by atoms with E-state index in [2.05, 4.69) is 28.5 Å². The highest BCUT2D eigenvalue weighted by Gasteiger charge is 2.32. The minimum absolute atomic E-state index is 0.163. The molecule has 0 N–H and O–H groups in total. The van der Waals surface area contributed by atoms with Gasteiger partial charge in [-0.15, -0.1) is 5.10 Å². The molecule has 1 fully saturated rings. The fourth-order valence-electron chi connectivity index (χ4n) is 3.74. The van der Waals surface area contributed by atoms with Crippen LogP contribution in [-0.2, 0) is 11.2 Å². The highest BCUT2D eigenvalue weighted by Crippen LogP contribution is 2.25. The van der Waals surface area contributed by atoms with Crippen molar-refractivity contribution in [1.29, 1.82) is 0 Å². The maximum Gasteiger partial charge on any atom is 0.227 e. The summed E-state index contributed by atoms with van der Waals surface area (Å²) < 4.78 is 1.88. The Labute approximate surface area is 163 Å². The first-order valence-electron chi connectivity index (χ1n) is 9.49. The zero-order valence-electron chi connectivity index (χ0n) is 15.4. The highest BCUT2D eigenvalue weighted by atomic mass is 16.2. The molecule has 1 saturated heterocycles. The summed E-state index contributed by atoms with van der Waals surface area (Å²) in [7, 11) is 0. The van der Waals surface area contributed by atoms with Crippen LogP contribution in [0.3, 0.4) is 0 Å². The van der Waals surface area contributed by atoms with Crippen LogP contribution in [0.1, 0.15) is 11.6 Å². The number of hydrogen-bond acceptors (Lipinski definition) is 3. The number of nitrogens with zero attached hydrogens (tertiary/aromatic N) is 4. The Balaban J connectivity index is 1.24. The van der Waals surface area contributed by atoms with Gasteiger partial charge in [-0.25, -0.2) is 4.68 Å². The van der Waals surface area contributed by atoms with Crippen molar-refractivity contribution in [2.75, 3.05) is 13.1 Å². The molecule has 2 heterocycles. The van der Waals surface area contributed by atoms with Gasteiger partial charge in [0.05, 0.1) is 18.7 Å². The quantitative estimate of drug-likeness (QED) is 0.552. The molecule has 0 atom stereocenters. The third-order valence-electron chi connectivity index (χ3n) is 5.39. The number of amides is 1. The van der Waals surface area contributed by atoms with Gasteiger partial charge in [0, 0.05) is 18.7 Å². The summed E-state index contributed by atoms with van der Waals surface area (Å²) in [6, 6.07) is 24.6. The largest absolute Gasteiger partial charge is 0.338 e. The van der Waals surface area contributed by atoms with Crippen LogP contribution in [0.25, 0.3) is 22.0 Å². The Kier molecular flexibility index (Phi) is 4.13. The van der Waals surface area contributed by atoms with Gasteiger partial charge in [-0.05, 0) is 16.3 Å². The normalized spacial score (nSPS) is 14.2. The smallest absolute Gasteiger partial charge is 0.227 e. The molecule has 4 aromatic rings. The van der Waals surface area contributed by atoms with Crippen molar-refractivity contribution in [2.45, 2.75) is 12.5 Å². The van der Waals surface area contributed by atoms with Crippen LogP contribution >= 0.6 is 0 Å². The Bertz CT molecular complexity index is 1120. The van der Waals surface area contributed by atoms with Gasteiger partial charge in [-0.1, -0.05) is 78.0 Å². The fraction of sp³-hybridized carbons (Fsp3) is 0.174. The van der Waals surface area contributed by atoms with Crippen molar-refractivity contribution in [1.82, 2.24) is 19.9 Å². The molecule has 28 heavy (non-hydrogen) atoms. The lowest BCUT2D eigenvalue weighted by atomic mass is 10.0. The summed E-state index contributed by atoms with van der Waals surface area (Å²) in [5, 5.41) is 10.9. The molecule has 1 aliphatic rings. The summed E-state index contributed by atoms with van der Waals surface area (Å²) >= 11 is 0. The first-order valence-corrected chi connectivity index (χ1v) is 9.49. The van der Waals surface area contributed by atoms with Gasteiger partial charge >= 0.3 is 0 Å². The van der Waals surface area contributed by atoms with Crippen LogP contribution in [0.4, 0.5) is 0 Å². The highest BCUT2D eigenvalue weighted by molar-refractivity contribution is 5.90. The number of fused-ring (bicyclic) bond motifs is 1. The summed E-state index contributed by atoms with van der Waals surface area (Å²) in [5.41, 5.74) is 3.00. The Morgan fingerprint density at radius 3 is 2.54 bits per heavy atom. The van der Waals surface area contributed by atoms with Crippen molar-refractivity contribution in [3.8, 4) is 11.3 Å². The van der Waals surface area contributed by atoms with Gasteiger partial charge in [-0.3, -0.25) is 4.79 Å². The van der Waals surface area contributed by atoms with Crippen molar-refractivity contribution in [2.24, 2.45) is 0 Å². The number of benzene rings is 3. The average Bonchev–Trinajstić information content (AvgIpc) is 3.17. The summed E-state index contributed by atoms with van der Waals surface area (Å²) in [6.07, 6.45) is 2.40. The van der Waals surface area contributed by atoms with Crippen LogP contribution in [-0.4, -0.2) is 38.9 Å². The van der Waals surface area contributed by atoms with Crippen LogP contribution in [0.15, 0.2) is 79.0 Å². The Morgan fingerprint density at radius 1 is 0.929 bits per heavy atom. The third-order valence-corrected chi connectivity index (χ3v) is 5.39. The number of hydrogen-bond donors (Lipinski definition) is 0. The Morgan fingerprint density at radius 2 is 1.68 bits per heavy atom. The molecule has 0 unspecified atom stereocenters. The lowest BCUT2D eigenvalue weighted by Crippen LogP contribution is -2.51. The standard InChI is InChI=1S/C23H20N4O/c28-23(13-19-11-6-10-17-7-4-5-12-21(17)19)26-14-20(15-26)27-16-22(24-25-27)18-8-2-1-3-9-18/h1-12,16,20H,13-15H2. The number of aromatic nitrogens is 3. The minimum atomic E-state index is 0.163. The van der Waals surface area contributed by atoms with E-state index in [0.29, 0.717) is 19.5 Å². The molecule has 5 heteroatoms. The van der Waals surface area contributed by atoms with Crippen molar-refractivity contribution in [3.05, 3.63) is 84.6 Å². The van der Waals surface area contributed by atoms with E-state index in [1.165, 1.54) is 5.39 Å². The second-order valence-electron chi connectivity index (χ2n) is 7.22. The number of likely N-dealkylation sites (tertiary alicyclic amines) is 1. The van der Waals surface area contributed by atoms with Gasteiger partial charge in [0.25, 0.3) is 0 Å². The first-order chi connectivity index (χ1) is 13.8. The average molecular weight is 368 g/mol. The van der Waals surface area contributed by atoms with E-state index in [1.54, 1.807) is 0 Å². The molecule has 1 aromatic heterocycles. The molecule has 0 saturated carbocycles. The lowest BCUT2D eigenvalue weighted by molar-refractivity contribution is -0.136. The van der Waals surface area contributed by atoms with E-state index >= 15 is 0 Å². The van der Waals surface area contributed by atoms with E-state index in [-0.39, 0.29) is 11.9 Å². The van der Waals surface area contributed by atoms with E-state index in [4.69, 9.17) is 0 Å². The van der Waals surface area contributed by atoms with E-state index < -0.39 is 0 Å². The van der Waals surface area contributed by atoms with E-state index in [1.807, 2.05) is 70.4 Å². The third kappa shape index (κ3) is 3.05. The van der Waals surface area contributed by atoms with Crippen molar-refractivity contribution < 1.29 is 4.79 Å². The molecular formula is C23H20N4O. The molecule has 0 spiro atoms. The van der Waals surface area contributed by atoms with Crippen LogP contribution in [0.2, 0.25) is 0 Å². The SMILES string of the molecule is O=C(Cc1cccc2ccccc12)N1CC(n2cc(-c3ccccc3)nn2)C1. The molecule has 5 nitrogen and oxygen atoms in total. The monoisotopic (exact) mass is 368 g/mol. The van der Waals surface area contributed by atoms with Gasteiger partial charge < -0.3 is 4.90 Å². The maximum absolute atomic E-state index is 12.7.